The van der Waals surface area contributed by atoms with Gasteiger partial charge in [-0.05, 0) is 63.5 Å². The van der Waals surface area contributed by atoms with Crippen LogP contribution in [0.15, 0.2) is 24.3 Å². The smallest absolute Gasteiger partial charge is 0.484 e. The van der Waals surface area contributed by atoms with Crippen molar-refractivity contribution in [2.75, 3.05) is 20.2 Å². The number of nitrogens with one attached hydrogen (secondary N) is 1. The van der Waals surface area contributed by atoms with Crippen molar-refractivity contribution in [3.8, 4) is 11.5 Å². The quantitative estimate of drug-likeness (QED) is 0.535. The maximum atomic E-state index is 12.2. The number of nitrogens with zero attached hydrogens (tertiary/aromatic N) is 2. The molecule has 0 radical (unpaired) electrons. The molecule has 2 amide bonds. The number of carbonyl (C=O) groups is 2. The molecule has 12 heteroatoms. The average molecular weight is 487 g/mol. The number of nitrogens with two attached hydrogens (primary N) is 1. The van der Waals surface area contributed by atoms with Gasteiger partial charge >= 0.3 is 6.36 Å². The third-order valence-corrected chi connectivity index (χ3v) is 6.33. The van der Waals surface area contributed by atoms with Crippen LogP contribution in [-0.4, -0.2) is 54.3 Å². The van der Waals surface area contributed by atoms with Crippen molar-refractivity contribution in [1.82, 2.24) is 15.2 Å². The maximum Gasteiger partial charge on any atom is 0.573 e. The van der Waals surface area contributed by atoms with Crippen LogP contribution in [0.4, 0.5) is 13.2 Å². The van der Waals surface area contributed by atoms with E-state index in [0.29, 0.717) is 17.5 Å². The van der Waals surface area contributed by atoms with Crippen molar-refractivity contribution in [3.63, 3.8) is 0 Å². The van der Waals surface area contributed by atoms with Gasteiger partial charge in [-0.1, -0.05) is 0 Å². The van der Waals surface area contributed by atoms with E-state index >= 15 is 0 Å². The minimum absolute atomic E-state index is 0.106. The van der Waals surface area contributed by atoms with Gasteiger partial charge in [0.1, 0.15) is 22.2 Å². The first-order valence-corrected chi connectivity index (χ1v) is 11.2. The highest BCUT2D eigenvalue weighted by atomic mass is 32.1. The number of thiazole rings is 1. The van der Waals surface area contributed by atoms with Gasteiger partial charge in [0.05, 0.1) is 6.54 Å². The van der Waals surface area contributed by atoms with Gasteiger partial charge < -0.3 is 25.4 Å². The topological polar surface area (TPSA) is 107 Å². The molecular formula is C21H25F3N4O4S. The fraction of sp³-hybridized carbons (Fsp3) is 0.476. The molecular weight excluding hydrogens is 461 g/mol. The molecule has 2 aromatic rings. The lowest BCUT2D eigenvalue weighted by molar-refractivity contribution is -0.274. The number of primary amides is 1. The van der Waals surface area contributed by atoms with E-state index in [1.165, 1.54) is 23.5 Å². The van der Waals surface area contributed by atoms with Gasteiger partial charge in [0.2, 0.25) is 0 Å². The van der Waals surface area contributed by atoms with Crippen LogP contribution in [0.25, 0.3) is 0 Å². The van der Waals surface area contributed by atoms with Crippen molar-refractivity contribution in [1.29, 1.82) is 0 Å². The summed E-state index contributed by atoms with van der Waals surface area (Å²) in [7, 11) is 2.09. The minimum Gasteiger partial charge on any atom is -0.484 e. The van der Waals surface area contributed by atoms with Crippen LogP contribution in [0.1, 0.15) is 39.6 Å². The Morgan fingerprint density at radius 1 is 1.27 bits per heavy atom. The Kier molecular flexibility index (Phi) is 8.14. The highest BCUT2D eigenvalue weighted by Gasteiger charge is 2.31. The number of hydrogen-bond donors (Lipinski definition) is 2. The second-order valence-electron chi connectivity index (χ2n) is 7.64. The average Bonchev–Trinajstić information content (AvgIpc) is 3.35. The Morgan fingerprint density at radius 3 is 2.58 bits per heavy atom. The number of amides is 2. The fourth-order valence-electron chi connectivity index (χ4n) is 3.59. The summed E-state index contributed by atoms with van der Waals surface area (Å²) in [5.41, 5.74) is 5.71. The van der Waals surface area contributed by atoms with Crippen LogP contribution < -0.4 is 20.5 Å². The van der Waals surface area contributed by atoms with E-state index in [4.69, 9.17) is 10.5 Å². The third-order valence-electron chi connectivity index (χ3n) is 5.22. The molecule has 1 unspecified atom stereocenters. The van der Waals surface area contributed by atoms with Crippen LogP contribution in [0.2, 0.25) is 0 Å². The van der Waals surface area contributed by atoms with Crippen LogP contribution >= 0.6 is 11.3 Å². The lowest BCUT2D eigenvalue weighted by atomic mass is 10.1. The summed E-state index contributed by atoms with van der Waals surface area (Å²) in [5.74, 6) is -1.22. The number of ether oxygens (including phenoxy) is 2. The molecule has 1 aliphatic heterocycles. The Hall–Kier alpha value is -2.86. The first-order chi connectivity index (χ1) is 15.6. The van der Waals surface area contributed by atoms with E-state index < -0.39 is 18.2 Å². The van der Waals surface area contributed by atoms with Crippen molar-refractivity contribution in [2.45, 2.75) is 44.6 Å². The molecule has 1 aromatic carbocycles. The largest absolute Gasteiger partial charge is 0.573 e. The number of benzene rings is 1. The van der Waals surface area contributed by atoms with Crippen molar-refractivity contribution in [3.05, 3.63) is 39.8 Å². The Balaban J connectivity index is 1.47. The van der Waals surface area contributed by atoms with E-state index in [0.717, 1.165) is 42.8 Å². The van der Waals surface area contributed by atoms with E-state index in [1.54, 1.807) is 0 Å². The second kappa shape index (κ2) is 10.8. The first kappa shape index (κ1) is 24.8. The normalized spacial score (nSPS) is 16.5. The molecule has 180 valence electrons. The number of hydrogen-bond acceptors (Lipinski definition) is 7. The van der Waals surface area contributed by atoms with Crippen LogP contribution in [-0.2, 0) is 17.8 Å². The third kappa shape index (κ3) is 7.60. The van der Waals surface area contributed by atoms with Crippen LogP contribution in [0.5, 0.6) is 11.5 Å². The summed E-state index contributed by atoms with van der Waals surface area (Å²) in [6.45, 7) is 0.837. The molecule has 1 fully saturated rings. The molecule has 3 rings (SSSR count). The summed E-state index contributed by atoms with van der Waals surface area (Å²) >= 11 is 1.34. The zero-order chi connectivity index (χ0) is 24.0. The van der Waals surface area contributed by atoms with Crippen LogP contribution in [0, 0.1) is 0 Å². The standard InChI is InChI=1S/C21H25F3N4O4S/c1-28-10-2-3-13(28)4-9-16-19(20(25)30)27-18(33-16)11-26-17(29)12-31-14-5-7-15(8-6-14)32-21(22,23)24/h5-8,13H,2-4,9-12H2,1H3,(H2,25,30)(H,26,29). The Bertz CT molecular complexity index is 965. The highest BCUT2D eigenvalue weighted by Crippen LogP contribution is 2.26. The summed E-state index contributed by atoms with van der Waals surface area (Å²) in [6, 6.07) is 5.19. The van der Waals surface area contributed by atoms with Crippen LogP contribution in [0.3, 0.4) is 0 Å². The summed E-state index contributed by atoms with van der Waals surface area (Å²) in [5, 5.41) is 3.20. The highest BCUT2D eigenvalue weighted by molar-refractivity contribution is 7.11. The van der Waals surface area contributed by atoms with Gasteiger partial charge in [-0.15, -0.1) is 24.5 Å². The minimum atomic E-state index is -4.78. The number of halogens is 3. The Morgan fingerprint density at radius 2 is 1.97 bits per heavy atom. The molecule has 8 nitrogen and oxygen atoms in total. The monoisotopic (exact) mass is 486 g/mol. The van der Waals surface area contributed by atoms with Crippen molar-refractivity contribution < 1.29 is 32.2 Å². The molecule has 1 atom stereocenters. The fourth-order valence-corrected chi connectivity index (χ4v) is 4.62. The van der Waals surface area contributed by atoms with Gasteiger partial charge in [-0.25, -0.2) is 4.98 Å². The van der Waals surface area contributed by atoms with E-state index in [-0.39, 0.29) is 30.3 Å². The SMILES string of the molecule is CN1CCCC1CCc1sc(CNC(=O)COc2ccc(OC(F)(F)F)cc2)nc1C(N)=O. The van der Waals surface area contributed by atoms with E-state index in [9.17, 15) is 22.8 Å². The molecule has 0 bridgehead atoms. The second-order valence-corrected chi connectivity index (χ2v) is 8.81. The molecule has 2 heterocycles. The molecule has 33 heavy (non-hydrogen) atoms. The van der Waals surface area contributed by atoms with Crippen molar-refractivity contribution >= 4 is 23.2 Å². The lowest BCUT2D eigenvalue weighted by Gasteiger charge is -2.18. The zero-order valence-electron chi connectivity index (χ0n) is 18.0. The number of carbonyl (C=O) groups excluding carboxylic acids is 2. The maximum absolute atomic E-state index is 12.2. The van der Waals surface area contributed by atoms with Gasteiger partial charge in [0.25, 0.3) is 11.8 Å². The molecule has 0 aliphatic carbocycles. The van der Waals surface area contributed by atoms with Gasteiger partial charge in [0.15, 0.2) is 6.61 Å². The number of alkyl halides is 3. The van der Waals surface area contributed by atoms with E-state index in [1.807, 2.05) is 0 Å². The first-order valence-electron chi connectivity index (χ1n) is 10.3. The summed E-state index contributed by atoms with van der Waals surface area (Å²) < 4.78 is 45.6. The molecule has 1 aromatic heterocycles. The number of likely N-dealkylation sites (tertiary alicyclic amines) is 1. The molecule has 1 aliphatic rings. The number of rotatable bonds is 10. The molecule has 1 saturated heterocycles. The van der Waals surface area contributed by atoms with Crippen molar-refractivity contribution in [2.24, 2.45) is 5.73 Å². The van der Waals surface area contributed by atoms with Gasteiger partial charge in [0, 0.05) is 10.9 Å². The molecule has 3 N–H and O–H groups in total. The van der Waals surface area contributed by atoms with Gasteiger partial charge in [-0.2, -0.15) is 0 Å². The summed E-state index contributed by atoms with van der Waals surface area (Å²) in [6.07, 6.45) is -0.889. The molecule has 0 saturated carbocycles. The predicted molar refractivity (Wildman–Crippen MR) is 115 cm³/mol. The van der Waals surface area contributed by atoms with E-state index in [2.05, 4.69) is 27.0 Å². The number of aromatic nitrogens is 1. The predicted octanol–water partition coefficient (Wildman–Crippen LogP) is 2.86. The Labute approximate surface area is 192 Å². The summed E-state index contributed by atoms with van der Waals surface area (Å²) in [4.78, 5) is 31.2. The lowest BCUT2D eigenvalue weighted by Crippen LogP contribution is -2.28. The molecule has 0 spiro atoms. The number of aryl methyl sites for hydroxylation is 1. The van der Waals surface area contributed by atoms with Gasteiger partial charge in [-0.3, -0.25) is 9.59 Å². The zero-order valence-corrected chi connectivity index (χ0v) is 18.8.